The number of rotatable bonds is 6. The molecule has 1 aromatic carbocycles. The van der Waals surface area contributed by atoms with Crippen molar-refractivity contribution in [2.45, 2.75) is 32.9 Å². The quantitative estimate of drug-likeness (QED) is 0.844. The lowest BCUT2D eigenvalue weighted by Gasteiger charge is -2.08. The van der Waals surface area contributed by atoms with Crippen molar-refractivity contribution in [1.82, 2.24) is 15.1 Å². The van der Waals surface area contributed by atoms with E-state index in [4.69, 9.17) is 0 Å². The smallest absolute Gasteiger partial charge is 0.0659 e. The highest BCUT2D eigenvalue weighted by Crippen LogP contribution is 2.06. The zero-order valence-electron chi connectivity index (χ0n) is 11.1. The summed E-state index contributed by atoms with van der Waals surface area (Å²) in [6, 6.07) is 11.3. The predicted octanol–water partition coefficient (Wildman–Crippen LogP) is 2.47. The molecular formula is C15H21N3. The van der Waals surface area contributed by atoms with Gasteiger partial charge in [-0.15, -0.1) is 0 Å². The van der Waals surface area contributed by atoms with Crippen LogP contribution in [0.2, 0.25) is 0 Å². The zero-order valence-corrected chi connectivity index (χ0v) is 11.1. The van der Waals surface area contributed by atoms with Crippen LogP contribution in [0.1, 0.15) is 25.0 Å². The first-order chi connectivity index (χ1) is 8.74. The molecule has 18 heavy (non-hydrogen) atoms. The van der Waals surface area contributed by atoms with Crippen LogP contribution in [0.3, 0.4) is 0 Å². The van der Waals surface area contributed by atoms with Crippen molar-refractivity contribution in [1.29, 1.82) is 0 Å². The van der Waals surface area contributed by atoms with Crippen LogP contribution in [0.25, 0.3) is 0 Å². The third-order valence-corrected chi connectivity index (χ3v) is 2.89. The lowest BCUT2D eigenvalue weighted by molar-refractivity contribution is 0.590. The average Bonchev–Trinajstić information content (AvgIpc) is 2.84. The minimum absolute atomic E-state index is 0.559. The summed E-state index contributed by atoms with van der Waals surface area (Å²) in [6.45, 7) is 6.23. The van der Waals surface area contributed by atoms with E-state index < -0.39 is 0 Å². The number of aromatic nitrogens is 2. The van der Waals surface area contributed by atoms with E-state index in [0.29, 0.717) is 6.04 Å². The average molecular weight is 243 g/mol. The standard InChI is InChI=1S/C15H21N3/c1-13(2)16-10-8-14-4-6-15(7-5-14)12-18-11-3-9-17-18/h3-7,9,11,13,16H,8,10,12H2,1-2H3. The van der Waals surface area contributed by atoms with E-state index >= 15 is 0 Å². The molecule has 0 bridgehead atoms. The van der Waals surface area contributed by atoms with Crippen LogP contribution in [0.4, 0.5) is 0 Å². The zero-order chi connectivity index (χ0) is 12.8. The normalized spacial score (nSPS) is 11.1. The van der Waals surface area contributed by atoms with Gasteiger partial charge in [0, 0.05) is 18.4 Å². The first-order valence-electron chi connectivity index (χ1n) is 6.52. The minimum Gasteiger partial charge on any atom is -0.314 e. The van der Waals surface area contributed by atoms with Gasteiger partial charge in [-0.1, -0.05) is 38.1 Å². The maximum Gasteiger partial charge on any atom is 0.0659 e. The maximum atomic E-state index is 4.21. The molecular weight excluding hydrogens is 222 g/mol. The molecule has 0 fully saturated rings. The molecule has 0 aliphatic heterocycles. The molecule has 1 aromatic heterocycles. The third kappa shape index (κ3) is 4.00. The van der Waals surface area contributed by atoms with Gasteiger partial charge in [0.2, 0.25) is 0 Å². The molecule has 1 heterocycles. The van der Waals surface area contributed by atoms with E-state index in [1.807, 2.05) is 23.1 Å². The number of hydrogen-bond acceptors (Lipinski definition) is 2. The first kappa shape index (κ1) is 12.8. The summed E-state index contributed by atoms with van der Waals surface area (Å²) in [5.74, 6) is 0. The number of hydrogen-bond donors (Lipinski definition) is 1. The summed E-state index contributed by atoms with van der Waals surface area (Å²) in [5, 5.41) is 7.64. The van der Waals surface area contributed by atoms with Crippen molar-refractivity contribution in [2.24, 2.45) is 0 Å². The molecule has 96 valence electrons. The van der Waals surface area contributed by atoms with Crippen LogP contribution in [0.5, 0.6) is 0 Å². The van der Waals surface area contributed by atoms with Gasteiger partial charge in [0.1, 0.15) is 0 Å². The van der Waals surface area contributed by atoms with Gasteiger partial charge in [-0.25, -0.2) is 0 Å². The lowest BCUT2D eigenvalue weighted by atomic mass is 10.1. The molecule has 0 saturated heterocycles. The van der Waals surface area contributed by atoms with Gasteiger partial charge in [-0.05, 0) is 30.2 Å². The topological polar surface area (TPSA) is 29.9 Å². The maximum absolute atomic E-state index is 4.21. The van der Waals surface area contributed by atoms with Gasteiger partial charge in [-0.3, -0.25) is 4.68 Å². The second-order valence-corrected chi connectivity index (χ2v) is 4.88. The molecule has 0 atom stereocenters. The van der Waals surface area contributed by atoms with Crippen LogP contribution in [-0.2, 0) is 13.0 Å². The van der Waals surface area contributed by atoms with Crippen molar-refractivity contribution < 1.29 is 0 Å². The molecule has 0 amide bonds. The lowest BCUT2D eigenvalue weighted by Crippen LogP contribution is -2.24. The van der Waals surface area contributed by atoms with Crippen molar-refractivity contribution in [2.75, 3.05) is 6.54 Å². The van der Waals surface area contributed by atoms with Gasteiger partial charge in [-0.2, -0.15) is 5.10 Å². The van der Waals surface area contributed by atoms with Gasteiger partial charge in [0.15, 0.2) is 0 Å². The Balaban J connectivity index is 1.85. The van der Waals surface area contributed by atoms with E-state index in [0.717, 1.165) is 19.5 Å². The van der Waals surface area contributed by atoms with Crippen molar-refractivity contribution in [3.05, 3.63) is 53.9 Å². The molecule has 0 spiro atoms. The molecule has 0 radical (unpaired) electrons. The molecule has 0 aliphatic rings. The Morgan fingerprint density at radius 3 is 2.50 bits per heavy atom. The molecule has 1 N–H and O–H groups in total. The summed E-state index contributed by atoms with van der Waals surface area (Å²) in [5.41, 5.74) is 2.67. The van der Waals surface area contributed by atoms with E-state index in [1.165, 1.54) is 11.1 Å². The van der Waals surface area contributed by atoms with E-state index in [2.05, 4.69) is 48.5 Å². The van der Waals surface area contributed by atoms with Crippen LogP contribution in [0, 0.1) is 0 Å². The van der Waals surface area contributed by atoms with Crippen LogP contribution >= 0.6 is 0 Å². The van der Waals surface area contributed by atoms with Gasteiger partial charge >= 0.3 is 0 Å². The van der Waals surface area contributed by atoms with Crippen LogP contribution in [-0.4, -0.2) is 22.4 Å². The predicted molar refractivity (Wildman–Crippen MR) is 74.6 cm³/mol. The van der Waals surface area contributed by atoms with Gasteiger partial charge < -0.3 is 5.32 Å². The fourth-order valence-electron chi connectivity index (χ4n) is 1.90. The van der Waals surface area contributed by atoms with Crippen molar-refractivity contribution in [3.63, 3.8) is 0 Å². The summed E-state index contributed by atoms with van der Waals surface area (Å²) < 4.78 is 1.94. The Morgan fingerprint density at radius 1 is 1.17 bits per heavy atom. The van der Waals surface area contributed by atoms with Gasteiger partial charge in [0.25, 0.3) is 0 Å². The largest absolute Gasteiger partial charge is 0.314 e. The van der Waals surface area contributed by atoms with Crippen LogP contribution in [0.15, 0.2) is 42.7 Å². The highest BCUT2D eigenvalue weighted by molar-refractivity contribution is 5.23. The summed E-state index contributed by atoms with van der Waals surface area (Å²) in [6.07, 6.45) is 4.88. The fourth-order valence-corrected chi connectivity index (χ4v) is 1.90. The second kappa shape index (κ2) is 6.36. The number of nitrogens with one attached hydrogen (secondary N) is 1. The van der Waals surface area contributed by atoms with E-state index in [9.17, 15) is 0 Å². The molecule has 3 heteroatoms. The fraction of sp³-hybridized carbons (Fsp3) is 0.400. The first-order valence-corrected chi connectivity index (χ1v) is 6.52. The Morgan fingerprint density at radius 2 is 1.89 bits per heavy atom. The Labute approximate surface area is 109 Å². The Bertz CT molecular complexity index is 443. The summed E-state index contributed by atoms with van der Waals surface area (Å²) in [7, 11) is 0. The van der Waals surface area contributed by atoms with E-state index in [1.54, 1.807) is 0 Å². The number of nitrogens with zero attached hydrogens (tertiary/aromatic N) is 2. The minimum atomic E-state index is 0.559. The molecule has 0 unspecified atom stereocenters. The summed E-state index contributed by atoms with van der Waals surface area (Å²) >= 11 is 0. The highest BCUT2D eigenvalue weighted by Gasteiger charge is 1.97. The molecule has 3 nitrogen and oxygen atoms in total. The van der Waals surface area contributed by atoms with E-state index in [-0.39, 0.29) is 0 Å². The Kier molecular flexibility index (Phi) is 4.53. The number of benzene rings is 1. The monoisotopic (exact) mass is 243 g/mol. The molecule has 2 aromatic rings. The van der Waals surface area contributed by atoms with Gasteiger partial charge in [0.05, 0.1) is 6.54 Å². The summed E-state index contributed by atoms with van der Waals surface area (Å²) in [4.78, 5) is 0. The molecule has 0 saturated carbocycles. The van der Waals surface area contributed by atoms with Crippen molar-refractivity contribution >= 4 is 0 Å². The van der Waals surface area contributed by atoms with Crippen LogP contribution < -0.4 is 5.32 Å². The molecule has 0 aliphatic carbocycles. The Hall–Kier alpha value is -1.61. The highest BCUT2D eigenvalue weighted by atomic mass is 15.3. The SMILES string of the molecule is CC(C)NCCc1ccc(Cn2cccn2)cc1. The third-order valence-electron chi connectivity index (χ3n) is 2.89. The van der Waals surface area contributed by atoms with Crippen molar-refractivity contribution in [3.8, 4) is 0 Å². The molecule has 2 rings (SSSR count). The second-order valence-electron chi connectivity index (χ2n) is 4.88.